The van der Waals surface area contributed by atoms with Gasteiger partial charge in [-0.25, -0.2) is 9.98 Å². The third-order valence-electron chi connectivity index (χ3n) is 3.38. The molecule has 0 saturated heterocycles. The van der Waals surface area contributed by atoms with Crippen LogP contribution in [0, 0.1) is 0 Å². The first kappa shape index (κ1) is 20.0. The molecule has 0 fully saturated rings. The molecule has 0 radical (unpaired) electrons. The van der Waals surface area contributed by atoms with Crippen molar-refractivity contribution in [2.45, 2.75) is 26.2 Å². The van der Waals surface area contributed by atoms with Crippen LogP contribution < -0.4 is 15.5 Å². The Balaban J connectivity index is 2.02. The summed E-state index contributed by atoms with van der Waals surface area (Å²) >= 11 is 1.54. The van der Waals surface area contributed by atoms with Gasteiger partial charge in [0.15, 0.2) is 11.1 Å². The average Bonchev–Trinajstić information content (AvgIpc) is 3.06. The topological polar surface area (TPSA) is 52.6 Å². The molecular weight excluding hydrogens is 363 g/mol. The van der Waals surface area contributed by atoms with E-state index in [2.05, 4.69) is 20.6 Å². The fourth-order valence-electron chi connectivity index (χ4n) is 2.12. The second kappa shape index (κ2) is 8.88. The summed E-state index contributed by atoms with van der Waals surface area (Å²) in [6.07, 6.45) is -4.35. The number of hydrogen-bond donors (Lipinski definition) is 2. The monoisotopic (exact) mass is 385 g/mol. The molecular formula is C17H22F3N5S. The van der Waals surface area contributed by atoms with E-state index in [4.69, 9.17) is 0 Å². The van der Waals surface area contributed by atoms with E-state index >= 15 is 0 Å². The standard InChI is InChI=1S/C17H22F3N5S/c1-4-21-15(23-10-14-11-26-16(24-14)25(2)3)22-9-12-6-5-7-13(8-12)17(18,19)20/h5-8,11H,4,9-10H2,1-3H3,(H2,21,22,23). The molecule has 2 aromatic rings. The highest BCUT2D eigenvalue weighted by Crippen LogP contribution is 2.29. The largest absolute Gasteiger partial charge is 0.416 e. The van der Waals surface area contributed by atoms with Crippen molar-refractivity contribution in [2.24, 2.45) is 4.99 Å². The second-order valence-corrected chi connectivity index (χ2v) is 6.60. The van der Waals surface area contributed by atoms with Gasteiger partial charge in [0.05, 0.1) is 24.3 Å². The summed E-state index contributed by atoms with van der Waals surface area (Å²) in [5.41, 5.74) is 0.714. The minimum atomic E-state index is -4.35. The first-order valence-corrected chi connectivity index (χ1v) is 8.97. The van der Waals surface area contributed by atoms with Gasteiger partial charge in [-0.1, -0.05) is 12.1 Å². The minimum absolute atomic E-state index is 0.152. The molecule has 0 aliphatic heterocycles. The maximum atomic E-state index is 12.8. The molecule has 2 N–H and O–H groups in total. The van der Waals surface area contributed by atoms with Crippen LogP contribution in [0.25, 0.3) is 0 Å². The van der Waals surface area contributed by atoms with Gasteiger partial charge in [0.2, 0.25) is 0 Å². The number of hydrogen-bond acceptors (Lipinski definition) is 4. The summed E-state index contributed by atoms with van der Waals surface area (Å²) < 4.78 is 38.4. The Bertz CT molecular complexity index is 740. The van der Waals surface area contributed by atoms with Crippen LogP contribution in [0.3, 0.4) is 0 Å². The zero-order chi connectivity index (χ0) is 19.2. The maximum Gasteiger partial charge on any atom is 0.416 e. The summed E-state index contributed by atoms with van der Waals surface area (Å²) in [6.45, 7) is 3.21. The van der Waals surface area contributed by atoms with E-state index in [1.807, 2.05) is 31.3 Å². The molecule has 0 amide bonds. The number of anilines is 1. The van der Waals surface area contributed by atoms with Gasteiger partial charge in [0.1, 0.15) is 0 Å². The molecule has 2 rings (SSSR count). The van der Waals surface area contributed by atoms with Crippen LogP contribution in [-0.4, -0.2) is 31.6 Å². The zero-order valence-electron chi connectivity index (χ0n) is 14.9. The lowest BCUT2D eigenvalue weighted by molar-refractivity contribution is -0.137. The molecule has 1 aromatic heterocycles. The third-order valence-corrected chi connectivity index (χ3v) is 4.43. The van der Waals surface area contributed by atoms with E-state index in [1.165, 1.54) is 6.07 Å². The average molecular weight is 385 g/mol. The van der Waals surface area contributed by atoms with Crippen LogP contribution in [0.4, 0.5) is 18.3 Å². The number of aliphatic imine (C=N–C) groups is 1. The van der Waals surface area contributed by atoms with Crippen LogP contribution >= 0.6 is 11.3 Å². The number of aromatic nitrogens is 1. The van der Waals surface area contributed by atoms with Gasteiger partial charge in [-0.3, -0.25) is 0 Å². The van der Waals surface area contributed by atoms with Crippen LogP contribution in [-0.2, 0) is 19.3 Å². The second-order valence-electron chi connectivity index (χ2n) is 5.76. The number of thiazole rings is 1. The van der Waals surface area contributed by atoms with Gasteiger partial charge in [-0.2, -0.15) is 13.2 Å². The van der Waals surface area contributed by atoms with Gasteiger partial charge in [0, 0.05) is 26.0 Å². The maximum absolute atomic E-state index is 12.8. The molecule has 1 heterocycles. The van der Waals surface area contributed by atoms with Gasteiger partial charge < -0.3 is 15.5 Å². The number of nitrogens with zero attached hydrogens (tertiary/aromatic N) is 3. The van der Waals surface area contributed by atoms with Crippen molar-refractivity contribution in [3.63, 3.8) is 0 Å². The lowest BCUT2D eigenvalue weighted by Crippen LogP contribution is -2.36. The van der Waals surface area contributed by atoms with E-state index < -0.39 is 11.7 Å². The van der Waals surface area contributed by atoms with E-state index in [0.29, 0.717) is 24.6 Å². The molecule has 26 heavy (non-hydrogen) atoms. The lowest BCUT2D eigenvalue weighted by Gasteiger charge is -2.11. The van der Waals surface area contributed by atoms with Crippen molar-refractivity contribution >= 4 is 22.4 Å². The Kier molecular flexibility index (Phi) is 6.84. The molecule has 0 aliphatic carbocycles. The Morgan fingerprint density at radius 2 is 2.04 bits per heavy atom. The predicted octanol–water partition coefficient (Wildman–Crippen LogP) is 3.48. The molecule has 0 saturated carbocycles. The molecule has 1 aromatic carbocycles. The van der Waals surface area contributed by atoms with E-state index in [9.17, 15) is 13.2 Å². The van der Waals surface area contributed by atoms with Crippen molar-refractivity contribution in [2.75, 3.05) is 25.5 Å². The fraction of sp³-hybridized carbons (Fsp3) is 0.412. The molecule has 0 atom stereocenters. The highest BCUT2D eigenvalue weighted by molar-refractivity contribution is 7.13. The number of rotatable bonds is 6. The number of nitrogens with one attached hydrogen (secondary N) is 2. The highest BCUT2D eigenvalue weighted by atomic mass is 32.1. The Morgan fingerprint density at radius 1 is 1.27 bits per heavy atom. The van der Waals surface area contributed by atoms with E-state index in [0.717, 1.165) is 23.0 Å². The van der Waals surface area contributed by atoms with Crippen molar-refractivity contribution < 1.29 is 13.2 Å². The lowest BCUT2D eigenvalue weighted by atomic mass is 10.1. The summed E-state index contributed by atoms with van der Waals surface area (Å²) in [6, 6.07) is 5.20. The first-order valence-electron chi connectivity index (χ1n) is 8.09. The number of halogens is 3. The number of guanidine groups is 1. The van der Waals surface area contributed by atoms with E-state index in [1.54, 1.807) is 17.4 Å². The Hall–Kier alpha value is -2.29. The summed E-state index contributed by atoms with van der Waals surface area (Å²) in [4.78, 5) is 10.8. The van der Waals surface area contributed by atoms with E-state index in [-0.39, 0.29) is 6.54 Å². The number of alkyl halides is 3. The third kappa shape index (κ3) is 5.91. The smallest absolute Gasteiger partial charge is 0.357 e. The van der Waals surface area contributed by atoms with Gasteiger partial charge in [-0.05, 0) is 24.6 Å². The Morgan fingerprint density at radius 3 is 2.65 bits per heavy atom. The summed E-state index contributed by atoms with van der Waals surface area (Å²) in [5.74, 6) is 0.532. The van der Waals surface area contributed by atoms with Gasteiger partial charge in [-0.15, -0.1) is 11.3 Å². The molecule has 9 heteroatoms. The molecule has 0 aliphatic rings. The first-order chi connectivity index (χ1) is 12.3. The molecule has 5 nitrogen and oxygen atoms in total. The normalized spacial score (nSPS) is 12.2. The summed E-state index contributed by atoms with van der Waals surface area (Å²) in [5, 5.41) is 9.09. The minimum Gasteiger partial charge on any atom is -0.357 e. The quantitative estimate of drug-likeness (QED) is 0.591. The SMILES string of the molecule is CCNC(=NCc1cccc(C(F)(F)F)c1)NCc1csc(N(C)C)n1. The van der Waals surface area contributed by atoms with Crippen molar-refractivity contribution in [3.8, 4) is 0 Å². The zero-order valence-corrected chi connectivity index (χ0v) is 15.7. The van der Waals surface area contributed by atoms with Gasteiger partial charge in [0.25, 0.3) is 0 Å². The van der Waals surface area contributed by atoms with Gasteiger partial charge >= 0.3 is 6.18 Å². The molecule has 0 spiro atoms. The Labute approximate surface area is 155 Å². The van der Waals surface area contributed by atoms with Crippen molar-refractivity contribution in [1.29, 1.82) is 0 Å². The van der Waals surface area contributed by atoms with Crippen LogP contribution in [0.5, 0.6) is 0 Å². The van der Waals surface area contributed by atoms with Crippen LogP contribution in [0.1, 0.15) is 23.7 Å². The number of benzene rings is 1. The van der Waals surface area contributed by atoms with Crippen molar-refractivity contribution in [1.82, 2.24) is 15.6 Å². The predicted molar refractivity (Wildman–Crippen MR) is 99.5 cm³/mol. The van der Waals surface area contributed by atoms with Crippen LogP contribution in [0.15, 0.2) is 34.6 Å². The molecule has 0 unspecified atom stereocenters. The van der Waals surface area contributed by atoms with Crippen LogP contribution in [0.2, 0.25) is 0 Å². The summed E-state index contributed by atoms with van der Waals surface area (Å²) in [7, 11) is 3.85. The molecule has 0 bridgehead atoms. The highest BCUT2D eigenvalue weighted by Gasteiger charge is 2.30. The molecule has 142 valence electrons. The fourth-order valence-corrected chi connectivity index (χ4v) is 2.87. The van der Waals surface area contributed by atoms with Crippen molar-refractivity contribution in [3.05, 3.63) is 46.5 Å².